The molecule has 0 atom stereocenters. The smallest absolute Gasteiger partial charge is 0.279 e. The SMILES string of the molecule is Cc1nc2ccccn2c1C(=O)N(Cc1ccccn1)c1nc2ccccc2s1. The molecule has 0 fully saturated rings. The molecule has 0 N–H and O–H groups in total. The maximum absolute atomic E-state index is 13.7. The van der Waals surface area contributed by atoms with E-state index in [1.54, 1.807) is 11.1 Å². The first-order valence-corrected chi connectivity index (χ1v) is 10.0. The summed E-state index contributed by atoms with van der Waals surface area (Å²) in [5, 5.41) is 0.645. The van der Waals surface area contributed by atoms with Crippen LogP contribution in [-0.2, 0) is 6.54 Å². The topological polar surface area (TPSA) is 63.4 Å². The summed E-state index contributed by atoms with van der Waals surface area (Å²) < 4.78 is 2.87. The van der Waals surface area contributed by atoms with Gasteiger partial charge in [0.2, 0.25) is 0 Å². The molecular formula is C22H17N5OS. The van der Waals surface area contributed by atoms with Crippen molar-refractivity contribution in [2.24, 2.45) is 0 Å². The molecule has 0 aliphatic rings. The number of anilines is 1. The molecule has 5 aromatic rings. The van der Waals surface area contributed by atoms with Gasteiger partial charge in [-0.3, -0.25) is 19.1 Å². The van der Waals surface area contributed by atoms with Crippen molar-refractivity contribution in [2.45, 2.75) is 13.5 Å². The van der Waals surface area contributed by atoms with Crippen LogP contribution in [0.15, 0.2) is 73.1 Å². The number of amides is 1. The Bertz CT molecular complexity index is 1290. The average molecular weight is 399 g/mol. The van der Waals surface area contributed by atoms with Crippen molar-refractivity contribution in [1.29, 1.82) is 0 Å². The quantitative estimate of drug-likeness (QED) is 0.447. The van der Waals surface area contributed by atoms with E-state index >= 15 is 0 Å². The minimum absolute atomic E-state index is 0.147. The lowest BCUT2D eigenvalue weighted by molar-refractivity contribution is 0.0978. The van der Waals surface area contributed by atoms with Crippen molar-refractivity contribution in [3.8, 4) is 0 Å². The minimum Gasteiger partial charge on any atom is -0.295 e. The molecule has 0 unspecified atom stereocenters. The molecule has 4 aromatic heterocycles. The van der Waals surface area contributed by atoms with Gasteiger partial charge in [0.25, 0.3) is 5.91 Å². The normalized spacial score (nSPS) is 11.2. The Hall–Kier alpha value is -3.58. The van der Waals surface area contributed by atoms with Crippen LogP contribution in [0.1, 0.15) is 21.9 Å². The first-order chi connectivity index (χ1) is 14.2. The fourth-order valence-electron chi connectivity index (χ4n) is 3.35. The fraction of sp³-hybridized carbons (Fsp3) is 0.0909. The zero-order valence-corrected chi connectivity index (χ0v) is 16.5. The zero-order chi connectivity index (χ0) is 19.8. The van der Waals surface area contributed by atoms with E-state index in [-0.39, 0.29) is 5.91 Å². The predicted octanol–water partition coefficient (Wildman–Crippen LogP) is 4.49. The molecule has 1 amide bonds. The summed E-state index contributed by atoms with van der Waals surface area (Å²) in [7, 11) is 0. The van der Waals surface area contributed by atoms with Crippen LogP contribution in [0, 0.1) is 6.92 Å². The first-order valence-electron chi connectivity index (χ1n) is 9.22. The van der Waals surface area contributed by atoms with Crippen LogP contribution >= 0.6 is 11.3 Å². The maximum Gasteiger partial charge on any atom is 0.279 e. The van der Waals surface area contributed by atoms with Crippen molar-refractivity contribution in [2.75, 3.05) is 4.90 Å². The Morgan fingerprint density at radius 2 is 1.86 bits per heavy atom. The molecule has 7 heteroatoms. The third-order valence-electron chi connectivity index (χ3n) is 4.71. The van der Waals surface area contributed by atoms with E-state index in [0.29, 0.717) is 23.1 Å². The third-order valence-corrected chi connectivity index (χ3v) is 5.77. The Morgan fingerprint density at radius 3 is 2.69 bits per heavy atom. The lowest BCUT2D eigenvalue weighted by Crippen LogP contribution is -2.32. The summed E-state index contributed by atoms with van der Waals surface area (Å²) in [6, 6.07) is 19.3. The number of pyridine rings is 2. The summed E-state index contributed by atoms with van der Waals surface area (Å²) in [4.78, 5) is 29.1. The highest BCUT2D eigenvalue weighted by Gasteiger charge is 2.26. The Labute approximate surface area is 171 Å². The second-order valence-electron chi connectivity index (χ2n) is 6.65. The number of para-hydroxylation sites is 1. The molecule has 0 saturated carbocycles. The van der Waals surface area contributed by atoms with Crippen LogP contribution in [0.25, 0.3) is 15.9 Å². The molecule has 0 saturated heterocycles. The molecule has 29 heavy (non-hydrogen) atoms. The van der Waals surface area contributed by atoms with Gasteiger partial charge in [0.1, 0.15) is 11.3 Å². The van der Waals surface area contributed by atoms with Gasteiger partial charge in [0.15, 0.2) is 5.13 Å². The fourth-order valence-corrected chi connectivity index (χ4v) is 4.32. The highest BCUT2D eigenvalue weighted by molar-refractivity contribution is 7.22. The molecule has 5 rings (SSSR count). The number of thiazole rings is 1. The maximum atomic E-state index is 13.7. The Morgan fingerprint density at radius 1 is 1.03 bits per heavy atom. The van der Waals surface area contributed by atoms with Crippen LogP contribution in [0.3, 0.4) is 0 Å². The number of benzene rings is 1. The number of imidazole rings is 1. The van der Waals surface area contributed by atoms with E-state index in [1.165, 1.54) is 11.3 Å². The van der Waals surface area contributed by atoms with Crippen molar-refractivity contribution in [1.82, 2.24) is 19.4 Å². The van der Waals surface area contributed by atoms with Gasteiger partial charge in [-0.1, -0.05) is 35.6 Å². The lowest BCUT2D eigenvalue weighted by Gasteiger charge is -2.19. The largest absolute Gasteiger partial charge is 0.295 e. The highest BCUT2D eigenvalue weighted by Crippen LogP contribution is 2.31. The first kappa shape index (κ1) is 17.5. The van der Waals surface area contributed by atoms with E-state index in [2.05, 4.69) is 9.97 Å². The van der Waals surface area contributed by atoms with Crippen LogP contribution in [0.4, 0.5) is 5.13 Å². The Balaban J connectivity index is 1.64. The molecule has 6 nitrogen and oxygen atoms in total. The summed E-state index contributed by atoms with van der Waals surface area (Å²) in [6.45, 7) is 2.19. The van der Waals surface area contributed by atoms with Gasteiger partial charge in [-0.2, -0.15) is 0 Å². The molecule has 0 bridgehead atoms. The summed E-state index contributed by atoms with van der Waals surface area (Å²) in [6.07, 6.45) is 3.59. The van der Waals surface area contributed by atoms with E-state index in [0.717, 1.165) is 21.6 Å². The van der Waals surface area contributed by atoms with Crippen molar-refractivity contribution in [3.63, 3.8) is 0 Å². The molecule has 0 aliphatic carbocycles. The van der Waals surface area contributed by atoms with Crippen LogP contribution in [-0.4, -0.2) is 25.3 Å². The van der Waals surface area contributed by atoms with Gasteiger partial charge in [0.05, 0.1) is 28.1 Å². The zero-order valence-electron chi connectivity index (χ0n) is 15.7. The number of hydrogen-bond acceptors (Lipinski definition) is 5. The standard InChI is InChI=1S/C22H17N5OS/c1-15-20(26-13-7-5-11-19(26)24-15)21(28)27(14-16-8-4-6-12-23-16)22-25-17-9-2-3-10-18(17)29-22/h2-13H,14H2,1H3. The van der Waals surface area contributed by atoms with Gasteiger partial charge in [-0.15, -0.1) is 0 Å². The van der Waals surface area contributed by atoms with Crippen LogP contribution < -0.4 is 4.90 Å². The van der Waals surface area contributed by atoms with E-state index in [1.807, 2.05) is 78.2 Å². The molecule has 0 spiro atoms. The van der Waals surface area contributed by atoms with Crippen molar-refractivity contribution < 1.29 is 4.79 Å². The predicted molar refractivity (Wildman–Crippen MR) is 114 cm³/mol. The van der Waals surface area contributed by atoms with Crippen molar-refractivity contribution in [3.05, 3.63) is 90.1 Å². The number of carbonyl (C=O) groups is 1. The monoisotopic (exact) mass is 399 g/mol. The van der Waals surface area contributed by atoms with Crippen molar-refractivity contribution >= 4 is 38.2 Å². The van der Waals surface area contributed by atoms with Crippen LogP contribution in [0.5, 0.6) is 0 Å². The second kappa shape index (κ2) is 7.10. The minimum atomic E-state index is -0.147. The number of aromatic nitrogens is 4. The molecule has 142 valence electrons. The van der Waals surface area contributed by atoms with Crippen LogP contribution in [0.2, 0.25) is 0 Å². The van der Waals surface area contributed by atoms with E-state index < -0.39 is 0 Å². The number of fused-ring (bicyclic) bond motifs is 2. The van der Waals surface area contributed by atoms with Gasteiger partial charge in [-0.05, 0) is 43.3 Å². The van der Waals surface area contributed by atoms with E-state index in [4.69, 9.17) is 4.98 Å². The number of hydrogen-bond donors (Lipinski definition) is 0. The molecule has 0 radical (unpaired) electrons. The number of rotatable bonds is 4. The molecule has 4 heterocycles. The summed E-state index contributed by atoms with van der Waals surface area (Å²) in [5.41, 5.74) is 3.65. The molecule has 0 aliphatic heterocycles. The molecule has 1 aromatic carbocycles. The number of carbonyl (C=O) groups excluding carboxylic acids is 1. The third kappa shape index (κ3) is 3.15. The van der Waals surface area contributed by atoms with E-state index in [9.17, 15) is 4.79 Å². The summed E-state index contributed by atoms with van der Waals surface area (Å²) >= 11 is 1.50. The number of aryl methyl sites for hydroxylation is 1. The van der Waals surface area contributed by atoms with Gasteiger partial charge in [-0.25, -0.2) is 9.97 Å². The average Bonchev–Trinajstić information content (AvgIpc) is 3.32. The van der Waals surface area contributed by atoms with Gasteiger partial charge >= 0.3 is 0 Å². The Kier molecular flexibility index (Phi) is 4.29. The number of nitrogens with zero attached hydrogens (tertiary/aromatic N) is 5. The van der Waals surface area contributed by atoms with Gasteiger partial charge < -0.3 is 0 Å². The van der Waals surface area contributed by atoms with Gasteiger partial charge in [0, 0.05) is 12.4 Å². The summed E-state index contributed by atoms with van der Waals surface area (Å²) in [5.74, 6) is -0.147. The lowest BCUT2D eigenvalue weighted by atomic mass is 10.2. The highest BCUT2D eigenvalue weighted by atomic mass is 32.1. The second-order valence-corrected chi connectivity index (χ2v) is 7.66. The molecular weight excluding hydrogens is 382 g/mol.